The minimum Gasteiger partial charge on any atom is -0.550 e. The van der Waals surface area contributed by atoms with Crippen LogP contribution in [0.5, 0.6) is 0 Å². The van der Waals surface area contributed by atoms with Crippen LogP contribution in [-0.2, 0) is 9.59 Å². The number of aliphatic carboxylic acids is 2. The maximum Gasteiger partial charge on any atom is 1.00 e. The molecule has 0 atom stereocenters. The van der Waals surface area contributed by atoms with Gasteiger partial charge in [-0.1, -0.05) is 77.0 Å². The zero-order chi connectivity index (χ0) is 16.5. The Morgan fingerprint density at radius 3 is 0.750 bits per heavy atom. The molecule has 4 nitrogen and oxygen atoms in total. The molecule has 0 aliphatic heterocycles. The van der Waals surface area contributed by atoms with Gasteiger partial charge in [0.1, 0.15) is 0 Å². The van der Waals surface area contributed by atoms with Gasteiger partial charge in [0.25, 0.3) is 0 Å². The van der Waals surface area contributed by atoms with Crippen LogP contribution in [0.1, 0.15) is 103 Å². The number of rotatable bonds is 17. The van der Waals surface area contributed by atoms with Crippen LogP contribution < -0.4 is 69.3 Å². The molecule has 0 unspecified atom stereocenters. The van der Waals surface area contributed by atoms with Gasteiger partial charge in [0.2, 0.25) is 0 Å². The third-order valence-electron chi connectivity index (χ3n) is 4.01. The van der Waals surface area contributed by atoms with Crippen molar-refractivity contribution >= 4 is 11.9 Å². The van der Waals surface area contributed by atoms with Gasteiger partial charge in [0, 0.05) is 11.9 Å². The number of hydrogen-bond acceptors (Lipinski definition) is 4. The average Bonchev–Trinajstić information content (AvgIpc) is 2.46. The summed E-state index contributed by atoms with van der Waals surface area (Å²) in [6, 6.07) is 0. The molecule has 0 rings (SSSR count). The van der Waals surface area contributed by atoms with E-state index in [2.05, 4.69) is 0 Å². The van der Waals surface area contributed by atoms with Crippen LogP contribution in [0.2, 0.25) is 0 Å². The van der Waals surface area contributed by atoms with Crippen LogP contribution in [0.15, 0.2) is 0 Å². The Morgan fingerprint density at radius 1 is 0.417 bits per heavy atom. The van der Waals surface area contributed by atoms with Crippen molar-refractivity contribution in [2.45, 2.75) is 103 Å². The van der Waals surface area contributed by atoms with Crippen LogP contribution in [-0.4, -0.2) is 11.9 Å². The second-order valence-electron chi connectivity index (χ2n) is 6.19. The van der Waals surface area contributed by atoms with Crippen molar-refractivity contribution < 1.29 is 78.9 Å². The number of carbonyl (C=O) groups is 2. The summed E-state index contributed by atoms with van der Waals surface area (Å²) in [5, 5.41) is 20.4. The maximum atomic E-state index is 10.2. The van der Waals surface area contributed by atoms with E-state index in [-0.39, 0.29) is 72.0 Å². The average molecular weight is 358 g/mol. The summed E-state index contributed by atoms with van der Waals surface area (Å²) in [5.74, 6) is -1.86. The SMILES string of the molecule is O=C([O-])CCCCCCCCCCCCCCCCC(=O)[O-].[Na+].[Na+]. The van der Waals surface area contributed by atoms with Crippen molar-refractivity contribution in [2.24, 2.45) is 0 Å². The zero-order valence-corrected chi connectivity index (χ0v) is 19.9. The van der Waals surface area contributed by atoms with Crippen LogP contribution in [0.3, 0.4) is 0 Å². The molecule has 0 N–H and O–H groups in total. The summed E-state index contributed by atoms with van der Waals surface area (Å²) >= 11 is 0. The third-order valence-corrected chi connectivity index (χ3v) is 4.01. The molecule has 0 aromatic heterocycles. The molecule has 0 bridgehead atoms. The second-order valence-corrected chi connectivity index (χ2v) is 6.19. The summed E-state index contributed by atoms with van der Waals surface area (Å²) in [7, 11) is 0. The Bertz CT molecular complexity index is 258. The Hall–Kier alpha value is 0.940. The molecular weight excluding hydrogens is 326 g/mol. The van der Waals surface area contributed by atoms with Gasteiger partial charge >= 0.3 is 59.1 Å². The minimum absolute atomic E-state index is 0. The van der Waals surface area contributed by atoms with Crippen molar-refractivity contribution in [3.8, 4) is 0 Å². The van der Waals surface area contributed by atoms with Crippen molar-refractivity contribution in [3.63, 3.8) is 0 Å². The first-order chi connectivity index (χ1) is 10.6. The van der Waals surface area contributed by atoms with E-state index in [1.165, 1.54) is 51.4 Å². The molecule has 0 aromatic rings. The quantitative estimate of drug-likeness (QED) is 0.202. The predicted octanol–water partition coefficient (Wildman–Crippen LogP) is -3.26. The number of carbonyl (C=O) groups excluding carboxylic acids is 2. The smallest absolute Gasteiger partial charge is 0.550 e. The fourth-order valence-electron chi connectivity index (χ4n) is 2.66. The van der Waals surface area contributed by atoms with Crippen molar-refractivity contribution in [1.29, 1.82) is 0 Å². The Labute approximate surface area is 192 Å². The van der Waals surface area contributed by atoms with Gasteiger partial charge in [-0.05, 0) is 25.7 Å². The van der Waals surface area contributed by atoms with E-state index in [9.17, 15) is 19.8 Å². The first kappa shape index (κ1) is 29.7. The number of unbranched alkanes of at least 4 members (excludes halogenated alkanes) is 13. The molecule has 0 aliphatic carbocycles. The topological polar surface area (TPSA) is 80.3 Å². The Kier molecular flexibility index (Phi) is 29.6. The molecule has 0 saturated heterocycles. The normalized spacial score (nSPS) is 9.83. The molecule has 0 heterocycles. The van der Waals surface area contributed by atoms with Crippen LogP contribution in [0.4, 0.5) is 0 Å². The van der Waals surface area contributed by atoms with Crippen molar-refractivity contribution in [2.75, 3.05) is 0 Å². The van der Waals surface area contributed by atoms with Gasteiger partial charge < -0.3 is 19.8 Å². The van der Waals surface area contributed by atoms with E-state index in [1.807, 2.05) is 0 Å². The van der Waals surface area contributed by atoms with E-state index in [1.54, 1.807) is 0 Å². The summed E-state index contributed by atoms with van der Waals surface area (Å²) in [5.41, 5.74) is 0. The van der Waals surface area contributed by atoms with Gasteiger partial charge in [0.05, 0.1) is 0 Å². The van der Waals surface area contributed by atoms with Gasteiger partial charge in [0.15, 0.2) is 0 Å². The summed E-state index contributed by atoms with van der Waals surface area (Å²) in [6.07, 6.45) is 16.3. The number of hydrogen-bond donors (Lipinski definition) is 0. The number of carboxylic acid groups (broad SMARTS) is 2. The molecule has 0 radical (unpaired) electrons. The molecule has 0 saturated carbocycles. The van der Waals surface area contributed by atoms with Crippen molar-refractivity contribution in [1.82, 2.24) is 0 Å². The molecule has 0 amide bonds. The first-order valence-corrected chi connectivity index (χ1v) is 9.02. The van der Waals surface area contributed by atoms with E-state index < -0.39 is 11.9 Å². The summed E-state index contributed by atoms with van der Waals surface area (Å²) < 4.78 is 0. The van der Waals surface area contributed by atoms with Gasteiger partial charge in [-0.25, -0.2) is 0 Å². The van der Waals surface area contributed by atoms with Gasteiger partial charge in [-0.3, -0.25) is 0 Å². The molecule has 0 spiro atoms. The standard InChI is InChI=1S/C18H34O4.2Na/c19-17(20)15-13-11-9-7-5-3-1-2-4-6-8-10-12-14-16-18(21)22;;/h1-16H2,(H,19,20)(H,21,22);;/q;2*+1/p-2. The minimum atomic E-state index is -0.932. The zero-order valence-electron chi connectivity index (χ0n) is 15.9. The third kappa shape index (κ3) is 27.8. The molecule has 130 valence electrons. The van der Waals surface area contributed by atoms with Crippen LogP contribution in [0, 0.1) is 0 Å². The van der Waals surface area contributed by atoms with E-state index in [0.717, 1.165) is 38.5 Å². The summed E-state index contributed by atoms with van der Waals surface area (Å²) in [6.45, 7) is 0. The van der Waals surface area contributed by atoms with E-state index in [0.29, 0.717) is 0 Å². The second kappa shape index (κ2) is 23.9. The van der Waals surface area contributed by atoms with Crippen LogP contribution in [0.25, 0.3) is 0 Å². The largest absolute Gasteiger partial charge is 1.00 e. The fraction of sp³-hybridized carbons (Fsp3) is 0.889. The first-order valence-electron chi connectivity index (χ1n) is 9.02. The molecule has 24 heavy (non-hydrogen) atoms. The Morgan fingerprint density at radius 2 is 0.583 bits per heavy atom. The van der Waals surface area contributed by atoms with E-state index >= 15 is 0 Å². The molecular formula is C18H32Na2O4. The summed E-state index contributed by atoms with van der Waals surface area (Å²) in [4.78, 5) is 20.4. The molecule has 0 aliphatic rings. The van der Waals surface area contributed by atoms with Crippen molar-refractivity contribution in [3.05, 3.63) is 0 Å². The molecule has 0 aromatic carbocycles. The Balaban J connectivity index is -0.00000220. The fourth-order valence-corrected chi connectivity index (χ4v) is 2.66. The maximum absolute atomic E-state index is 10.2. The predicted molar refractivity (Wildman–Crippen MR) is 83.9 cm³/mol. The molecule has 6 heteroatoms. The van der Waals surface area contributed by atoms with Crippen LogP contribution >= 0.6 is 0 Å². The monoisotopic (exact) mass is 358 g/mol. The van der Waals surface area contributed by atoms with E-state index in [4.69, 9.17) is 0 Å². The number of carboxylic acids is 2. The molecule has 0 fully saturated rings. The van der Waals surface area contributed by atoms with Gasteiger partial charge in [-0.15, -0.1) is 0 Å². The van der Waals surface area contributed by atoms with Gasteiger partial charge in [-0.2, -0.15) is 0 Å².